The van der Waals surface area contributed by atoms with Crippen LogP contribution in [-0.4, -0.2) is 73.2 Å². The second-order valence-electron chi connectivity index (χ2n) is 11.5. The molecule has 0 bridgehead atoms. The van der Waals surface area contributed by atoms with Crippen LogP contribution in [0.1, 0.15) is 31.2 Å². The molecule has 7 N–H and O–H groups in total. The number of esters is 1. The molecule has 0 radical (unpaired) electrons. The number of hydrazine groups is 1. The van der Waals surface area contributed by atoms with Crippen LogP contribution < -0.4 is 26.2 Å². The predicted molar refractivity (Wildman–Crippen MR) is 172 cm³/mol. The van der Waals surface area contributed by atoms with Crippen LogP contribution in [-0.2, 0) is 36.1 Å². The van der Waals surface area contributed by atoms with Crippen LogP contribution in [0.25, 0.3) is 11.2 Å². The molecule has 4 aromatic rings. The number of aromatic nitrogens is 4. The fourth-order valence-corrected chi connectivity index (χ4v) is 6.72. The van der Waals surface area contributed by atoms with Gasteiger partial charge in [0.2, 0.25) is 5.95 Å². The number of anilines is 2. The number of hydrogen-bond acceptors (Lipinski definition) is 14. The van der Waals surface area contributed by atoms with Gasteiger partial charge in [0.1, 0.15) is 36.2 Å². The third-order valence-electron chi connectivity index (χ3n) is 7.61. The quantitative estimate of drug-likeness (QED) is 0.0608. The molecule has 0 aliphatic carbocycles. The van der Waals surface area contributed by atoms with Crippen molar-refractivity contribution in [1.29, 1.82) is 0 Å². The van der Waals surface area contributed by atoms with E-state index in [1.54, 1.807) is 0 Å². The summed E-state index contributed by atoms with van der Waals surface area (Å²) in [4.78, 5) is 25.4. The zero-order chi connectivity index (χ0) is 36.6. The van der Waals surface area contributed by atoms with Gasteiger partial charge >= 0.3 is 19.9 Å². The number of benzene rings is 2. The summed E-state index contributed by atoms with van der Waals surface area (Å²) < 4.78 is 77.9. The van der Waals surface area contributed by atoms with E-state index in [9.17, 15) is 32.7 Å². The van der Waals surface area contributed by atoms with E-state index in [1.165, 1.54) is 73.2 Å². The Morgan fingerprint density at radius 1 is 1.24 bits per heavy atom. The number of fused-ring (bicyclic) bond motifs is 1. The van der Waals surface area contributed by atoms with Crippen LogP contribution in [0.15, 0.2) is 54.9 Å². The van der Waals surface area contributed by atoms with E-state index in [0.717, 1.165) is 12.1 Å². The highest BCUT2D eigenvalue weighted by Crippen LogP contribution is 2.47. The summed E-state index contributed by atoms with van der Waals surface area (Å²) in [6, 6.07) is 8.71. The molecule has 50 heavy (non-hydrogen) atoms. The zero-order valence-electron chi connectivity index (χ0n) is 26.6. The number of halogens is 4. The van der Waals surface area contributed by atoms with E-state index in [0.29, 0.717) is 5.02 Å². The number of aliphatic hydroxyl groups excluding tert-OH is 1. The van der Waals surface area contributed by atoms with Crippen molar-refractivity contribution in [2.24, 2.45) is 5.84 Å². The Morgan fingerprint density at radius 3 is 2.58 bits per heavy atom. The lowest BCUT2D eigenvalue weighted by molar-refractivity contribution is -0.149. The van der Waals surface area contributed by atoms with Crippen LogP contribution in [0, 0.1) is 0 Å². The first-order valence-electron chi connectivity index (χ1n) is 14.7. The van der Waals surface area contributed by atoms with Crippen LogP contribution in [0.5, 0.6) is 5.75 Å². The van der Waals surface area contributed by atoms with E-state index in [2.05, 4.69) is 20.0 Å². The van der Waals surface area contributed by atoms with Gasteiger partial charge in [0.25, 0.3) is 0 Å². The SMILES string of the molecule is CC(NP(=O)(OCC1OC(n2cnc3c(N(C)N)nc(N)nc32)[C@](C)(O)[C@@H]1O)Oc1ccc(Cl)cc1)C(=O)OCc1ccccc1C(F)(F)F. The second kappa shape index (κ2) is 14.3. The van der Waals surface area contributed by atoms with Gasteiger partial charge in [-0.05, 0) is 44.2 Å². The van der Waals surface area contributed by atoms with Crippen LogP contribution >= 0.6 is 19.3 Å². The molecule has 0 saturated carbocycles. The molecule has 0 spiro atoms. The van der Waals surface area contributed by atoms with Crippen molar-refractivity contribution in [3.05, 3.63) is 71.0 Å². The molecule has 0 amide bonds. The average molecular weight is 745 g/mol. The number of alkyl halides is 3. The lowest BCUT2D eigenvalue weighted by Gasteiger charge is -2.27. The van der Waals surface area contributed by atoms with Gasteiger partial charge in [0, 0.05) is 17.6 Å². The summed E-state index contributed by atoms with van der Waals surface area (Å²) in [7, 11) is -3.08. The van der Waals surface area contributed by atoms with Gasteiger partial charge in [-0.1, -0.05) is 29.8 Å². The van der Waals surface area contributed by atoms with E-state index in [4.69, 9.17) is 41.7 Å². The Morgan fingerprint density at radius 2 is 1.92 bits per heavy atom. The molecule has 2 aromatic heterocycles. The number of nitrogen functional groups attached to an aromatic ring is 1. The number of carbonyl (C=O) groups is 1. The fraction of sp³-hybridized carbons (Fsp3) is 0.379. The number of hydrogen-bond donors (Lipinski definition) is 5. The minimum atomic E-state index is -4.68. The number of rotatable bonds is 12. The maximum atomic E-state index is 14.1. The largest absolute Gasteiger partial charge is 0.460 e. The molecule has 2 aromatic carbocycles. The summed E-state index contributed by atoms with van der Waals surface area (Å²) in [5, 5.41) is 26.4. The highest BCUT2D eigenvalue weighted by Gasteiger charge is 2.54. The number of nitrogens with one attached hydrogen (secondary N) is 1. The maximum Gasteiger partial charge on any atom is 0.459 e. The molecule has 5 rings (SSSR count). The summed E-state index contributed by atoms with van der Waals surface area (Å²) in [6.07, 6.45) is -7.75. The highest BCUT2D eigenvalue weighted by molar-refractivity contribution is 7.52. The minimum Gasteiger partial charge on any atom is -0.460 e. The molecule has 4 unspecified atom stereocenters. The van der Waals surface area contributed by atoms with Crippen LogP contribution in [0.2, 0.25) is 5.02 Å². The fourth-order valence-electron chi connectivity index (χ4n) is 5.10. The van der Waals surface area contributed by atoms with Gasteiger partial charge in [-0.25, -0.2) is 15.4 Å². The smallest absolute Gasteiger partial charge is 0.459 e. The highest BCUT2D eigenvalue weighted by atomic mass is 35.5. The number of aliphatic hydroxyl groups is 2. The number of nitrogens with two attached hydrogens (primary N) is 2. The summed E-state index contributed by atoms with van der Waals surface area (Å²) in [5.74, 6) is 4.77. The predicted octanol–water partition coefficient (Wildman–Crippen LogP) is 3.33. The van der Waals surface area contributed by atoms with E-state index < -0.39 is 68.7 Å². The Hall–Kier alpha value is -4.07. The first-order valence-corrected chi connectivity index (χ1v) is 16.7. The molecule has 16 nitrogen and oxygen atoms in total. The standard InChI is InChI=1S/C29H33ClF3N8O8P/c1-15(25(43)46-12-16-6-4-5-7-19(16)29(31,32)33)39-50(45,49-18-10-8-17(30)9-11-18)47-13-20-22(42)28(2,44)26(48-20)41-14-36-21-23(40(3)35)37-27(34)38-24(21)41/h4-11,14-15,20,22,26,42,44H,12-13,35H2,1-3H3,(H,39,45)(H2,34,37,38)/t15?,20?,22-,26?,28-,50?/m1/s1. The molecule has 1 aliphatic heterocycles. The van der Waals surface area contributed by atoms with Crippen molar-refractivity contribution in [3.63, 3.8) is 0 Å². The van der Waals surface area contributed by atoms with Crippen molar-refractivity contribution in [1.82, 2.24) is 24.6 Å². The van der Waals surface area contributed by atoms with Gasteiger partial charge in [0.05, 0.1) is 18.5 Å². The summed E-state index contributed by atoms with van der Waals surface area (Å²) in [5.41, 5.74) is 2.91. The molecule has 1 fully saturated rings. The average Bonchev–Trinajstić information content (AvgIpc) is 3.55. The van der Waals surface area contributed by atoms with Gasteiger partial charge < -0.3 is 29.9 Å². The Labute approximate surface area is 287 Å². The first kappa shape index (κ1) is 37.2. The van der Waals surface area contributed by atoms with Gasteiger partial charge in [-0.2, -0.15) is 28.2 Å². The molecule has 1 saturated heterocycles. The third-order valence-corrected chi connectivity index (χ3v) is 9.50. The molecule has 21 heteroatoms. The summed E-state index contributed by atoms with van der Waals surface area (Å²) in [6.45, 7) is 1.11. The lowest BCUT2D eigenvalue weighted by Crippen LogP contribution is -2.44. The topological polar surface area (TPSA) is 222 Å². The number of ether oxygens (including phenoxy) is 2. The van der Waals surface area contributed by atoms with Gasteiger partial charge in [-0.15, -0.1) is 0 Å². The first-order chi connectivity index (χ1) is 23.4. The van der Waals surface area contributed by atoms with Crippen molar-refractivity contribution >= 4 is 48.2 Å². The third kappa shape index (κ3) is 7.95. The van der Waals surface area contributed by atoms with Crippen molar-refractivity contribution in [3.8, 4) is 5.75 Å². The van der Waals surface area contributed by atoms with Gasteiger partial charge in [0.15, 0.2) is 23.2 Å². The minimum absolute atomic E-state index is 0.00880. The molecular formula is C29H33ClF3N8O8P. The number of nitrogens with zero attached hydrogens (tertiary/aromatic N) is 5. The van der Waals surface area contributed by atoms with Crippen molar-refractivity contribution in [2.75, 3.05) is 24.4 Å². The second-order valence-corrected chi connectivity index (χ2v) is 13.6. The normalized spacial score (nSPS) is 22.6. The molecule has 270 valence electrons. The van der Waals surface area contributed by atoms with E-state index in [-0.39, 0.29) is 34.2 Å². The monoisotopic (exact) mass is 744 g/mol. The molecule has 6 atom stereocenters. The van der Waals surface area contributed by atoms with Crippen LogP contribution in [0.3, 0.4) is 0 Å². The van der Waals surface area contributed by atoms with Crippen LogP contribution in [0.4, 0.5) is 24.9 Å². The van der Waals surface area contributed by atoms with Crippen molar-refractivity contribution in [2.45, 2.75) is 56.7 Å². The maximum absolute atomic E-state index is 14.1. The number of carbonyl (C=O) groups excluding carboxylic acids is 1. The van der Waals surface area contributed by atoms with Crippen molar-refractivity contribution < 1.29 is 51.3 Å². The number of imidazole rings is 1. The summed E-state index contributed by atoms with van der Waals surface area (Å²) >= 11 is 5.95. The Bertz CT molecular complexity index is 1900. The lowest BCUT2D eigenvalue weighted by atomic mass is 9.96. The molecule has 1 aliphatic rings. The van der Waals surface area contributed by atoms with E-state index in [1.807, 2.05) is 0 Å². The Kier molecular flexibility index (Phi) is 10.6. The van der Waals surface area contributed by atoms with Gasteiger partial charge in [-0.3, -0.25) is 18.9 Å². The molecular weight excluding hydrogens is 712 g/mol. The zero-order valence-corrected chi connectivity index (χ0v) is 28.3. The van der Waals surface area contributed by atoms with E-state index >= 15 is 0 Å². The Balaban J connectivity index is 1.34. The molecule has 3 heterocycles.